The standard InChI is InChI=1S/C20H23FN4O2.ClH/c1-4-22-7-8-23-20(27)18-11(2)17(24-12(18)3)10-15-14-9-13(21)5-6-16(14)25-19(15)26;/h5-6,9-10,22,24H,4,7-8H2,1-3H3,(H,23,27)(H,25,26);1H/b15-10-;/i1D3,4D2;. The minimum Gasteiger partial charge on any atom is -0.358 e. The number of carbonyl (C=O) groups excluding carboxylic acids is 2. The highest BCUT2D eigenvalue weighted by Gasteiger charge is 2.26. The molecule has 0 fully saturated rings. The third-order valence-electron chi connectivity index (χ3n) is 4.38. The van der Waals surface area contributed by atoms with E-state index in [1.165, 1.54) is 18.2 Å². The number of aromatic nitrogens is 1. The highest BCUT2D eigenvalue weighted by Crippen LogP contribution is 2.34. The molecule has 3 rings (SSSR count). The van der Waals surface area contributed by atoms with Crippen LogP contribution in [0.4, 0.5) is 10.1 Å². The van der Waals surface area contributed by atoms with Gasteiger partial charge in [-0.05, 0) is 50.2 Å². The fraction of sp³-hybridized carbons (Fsp3) is 0.300. The number of nitrogens with one attached hydrogen (secondary N) is 4. The molecule has 8 heteroatoms. The molecule has 1 aliphatic rings. The van der Waals surface area contributed by atoms with Gasteiger partial charge in [0, 0.05) is 42.6 Å². The highest BCUT2D eigenvalue weighted by molar-refractivity contribution is 6.34. The van der Waals surface area contributed by atoms with Crippen molar-refractivity contribution in [3.8, 4) is 0 Å². The molecule has 1 aromatic heterocycles. The fourth-order valence-corrected chi connectivity index (χ4v) is 3.10. The molecule has 0 spiro atoms. The number of anilines is 1. The molecular formula is C20H24ClFN4O2. The minimum atomic E-state index is -2.83. The van der Waals surface area contributed by atoms with Crippen LogP contribution in [0.1, 0.15) is 46.6 Å². The Hall–Kier alpha value is -2.64. The van der Waals surface area contributed by atoms with Crippen LogP contribution >= 0.6 is 12.4 Å². The molecule has 150 valence electrons. The summed E-state index contributed by atoms with van der Waals surface area (Å²) < 4.78 is 50.1. The molecule has 0 saturated carbocycles. The Labute approximate surface area is 176 Å². The maximum absolute atomic E-state index is 13.7. The Bertz CT molecular complexity index is 1110. The van der Waals surface area contributed by atoms with E-state index in [-0.39, 0.29) is 37.0 Å². The van der Waals surface area contributed by atoms with Gasteiger partial charge in [0.2, 0.25) is 0 Å². The number of amides is 2. The summed E-state index contributed by atoms with van der Waals surface area (Å²) in [5.74, 6) is -1.28. The molecule has 1 aliphatic heterocycles. The van der Waals surface area contributed by atoms with Gasteiger partial charge in [-0.15, -0.1) is 12.4 Å². The van der Waals surface area contributed by atoms with Gasteiger partial charge in [-0.1, -0.05) is 6.85 Å². The summed E-state index contributed by atoms with van der Waals surface area (Å²) >= 11 is 0. The average molecular weight is 412 g/mol. The first-order valence-electron chi connectivity index (χ1n) is 10.9. The maximum Gasteiger partial charge on any atom is 0.256 e. The highest BCUT2D eigenvalue weighted by atomic mass is 35.5. The zero-order valence-corrected chi connectivity index (χ0v) is 16.1. The monoisotopic (exact) mass is 411 g/mol. The Morgan fingerprint density at radius 1 is 1.36 bits per heavy atom. The number of halogens is 2. The first kappa shape index (κ1) is 15.3. The van der Waals surface area contributed by atoms with Crippen LogP contribution in [0, 0.1) is 19.7 Å². The number of fused-ring (bicyclic) bond motifs is 1. The summed E-state index contributed by atoms with van der Waals surface area (Å²) in [6.07, 6.45) is 1.56. The summed E-state index contributed by atoms with van der Waals surface area (Å²) in [6, 6.07) is 4.01. The van der Waals surface area contributed by atoms with Crippen LogP contribution in [0.25, 0.3) is 11.6 Å². The lowest BCUT2D eigenvalue weighted by molar-refractivity contribution is -0.110. The van der Waals surface area contributed by atoms with Crippen molar-refractivity contribution in [3.05, 3.63) is 52.1 Å². The van der Waals surface area contributed by atoms with E-state index in [9.17, 15) is 14.0 Å². The molecule has 28 heavy (non-hydrogen) atoms. The molecule has 6 nitrogen and oxygen atoms in total. The zero-order valence-electron chi connectivity index (χ0n) is 20.3. The van der Waals surface area contributed by atoms with Crippen molar-refractivity contribution in [2.75, 3.05) is 24.9 Å². The molecule has 0 bridgehead atoms. The van der Waals surface area contributed by atoms with Gasteiger partial charge in [-0.25, -0.2) is 4.39 Å². The molecular weight excluding hydrogens is 383 g/mol. The van der Waals surface area contributed by atoms with E-state index in [4.69, 9.17) is 6.85 Å². The average Bonchev–Trinajstić information content (AvgIpc) is 3.13. The second-order valence-electron chi connectivity index (χ2n) is 6.17. The first-order valence-corrected chi connectivity index (χ1v) is 8.37. The molecule has 1 aromatic carbocycles. The number of benzene rings is 1. The predicted octanol–water partition coefficient (Wildman–Crippen LogP) is 3.02. The Balaban J connectivity index is 0.00000385. The Morgan fingerprint density at radius 3 is 2.89 bits per heavy atom. The van der Waals surface area contributed by atoms with E-state index in [2.05, 4.69) is 20.9 Å². The van der Waals surface area contributed by atoms with E-state index in [1.807, 2.05) is 0 Å². The largest absolute Gasteiger partial charge is 0.358 e. The van der Waals surface area contributed by atoms with Crippen LogP contribution in [-0.4, -0.2) is 36.4 Å². The molecule has 0 radical (unpaired) electrons. The molecule has 0 atom stereocenters. The van der Waals surface area contributed by atoms with E-state index in [1.54, 1.807) is 19.9 Å². The van der Waals surface area contributed by atoms with Crippen molar-refractivity contribution in [3.63, 3.8) is 0 Å². The third kappa shape index (κ3) is 4.26. The van der Waals surface area contributed by atoms with Gasteiger partial charge >= 0.3 is 0 Å². The number of hydrogen-bond donors (Lipinski definition) is 4. The van der Waals surface area contributed by atoms with Gasteiger partial charge in [-0.2, -0.15) is 0 Å². The van der Waals surface area contributed by atoms with Crippen LogP contribution in [0.15, 0.2) is 18.2 Å². The van der Waals surface area contributed by atoms with Gasteiger partial charge in [0.1, 0.15) is 5.82 Å². The number of likely N-dealkylation sites (N-methyl/N-ethyl adjacent to an activating group) is 1. The van der Waals surface area contributed by atoms with E-state index < -0.39 is 25.1 Å². The van der Waals surface area contributed by atoms with Gasteiger partial charge in [0.05, 0.1) is 11.1 Å². The van der Waals surface area contributed by atoms with Gasteiger partial charge in [0.25, 0.3) is 11.8 Å². The SMILES string of the molecule is Cl.[2H]C([2H])([2H])C([2H])([2H])NCCNC(=O)c1c(C)[nH]c(/C=C2\C(=O)Nc3ccc(F)cc32)c1C. The summed E-state index contributed by atoms with van der Waals surface area (Å²) in [4.78, 5) is 28.0. The molecule has 0 saturated heterocycles. The maximum atomic E-state index is 13.7. The molecule has 2 amide bonds. The first-order chi connectivity index (χ1) is 14.8. The zero-order chi connectivity index (χ0) is 23.8. The number of H-pyrrole nitrogens is 1. The number of aryl methyl sites for hydroxylation is 1. The molecule has 0 aliphatic carbocycles. The third-order valence-corrected chi connectivity index (χ3v) is 4.38. The summed E-state index contributed by atoms with van der Waals surface area (Å²) in [6.45, 7) is -2.09. The van der Waals surface area contributed by atoms with Crippen molar-refractivity contribution < 1.29 is 20.8 Å². The lowest BCUT2D eigenvalue weighted by atomic mass is 10.0. The van der Waals surface area contributed by atoms with E-state index in [0.717, 1.165) is 0 Å². The van der Waals surface area contributed by atoms with Crippen molar-refractivity contribution in [1.82, 2.24) is 15.6 Å². The normalized spacial score (nSPS) is 17.5. The number of hydrogen-bond acceptors (Lipinski definition) is 3. The van der Waals surface area contributed by atoms with E-state index in [0.29, 0.717) is 33.8 Å². The molecule has 2 heterocycles. The lowest BCUT2D eigenvalue weighted by Crippen LogP contribution is -2.32. The summed E-state index contributed by atoms with van der Waals surface area (Å²) in [5.41, 5.74) is 3.21. The topological polar surface area (TPSA) is 86.0 Å². The van der Waals surface area contributed by atoms with Crippen molar-refractivity contribution in [2.45, 2.75) is 20.7 Å². The smallest absolute Gasteiger partial charge is 0.256 e. The molecule has 2 aromatic rings. The van der Waals surface area contributed by atoms with Gasteiger partial charge in [0.15, 0.2) is 0 Å². The minimum absolute atomic E-state index is 0. The predicted molar refractivity (Wildman–Crippen MR) is 111 cm³/mol. The van der Waals surface area contributed by atoms with Crippen molar-refractivity contribution in [1.29, 1.82) is 0 Å². The molecule has 0 unspecified atom stereocenters. The van der Waals surface area contributed by atoms with Crippen LogP contribution in [-0.2, 0) is 4.79 Å². The Morgan fingerprint density at radius 2 is 2.14 bits per heavy atom. The van der Waals surface area contributed by atoms with Crippen LogP contribution in [0.5, 0.6) is 0 Å². The second kappa shape index (κ2) is 9.03. The van der Waals surface area contributed by atoms with Crippen molar-refractivity contribution in [2.24, 2.45) is 0 Å². The van der Waals surface area contributed by atoms with Crippen LogP contribution < -0.4 is 16.0 Å². The quantitative estimate of drug-likeness (QED) is 0.435. The van der Waals surface area contributed by atoms with Gasteiger partial charge in [-0.3, -0.25) is 9.59 Å². The summed E-state index contributed by atoms with van der Waals surface area (Å²) in [7, 11) is 0. The van der Waals surface area contributed by atoms with Crippen molar-refractivity contribution >= 4 is 41.6 Å². The Kier molecular flexibility index (Phi) is 4.94. The van der Waals surface area contributed by atoms with E-state index >= 15 is 0 Å². The van der Waals surface area contributed by atoms with Crippen LogP contribution in [0.3, 0.4) is 0 Å². The fourth-order valence-electron chi connectivity index (χ4n) is 3.10. The number of aromatic amines is 1. The lowest BCUT2D eigenvalue weighted by Gasteiger charge is -2.06. The number of carbonyl (C=O) groups is 2. The van der Waals surface area contributed by atoms with Crippen LogP contribution in [0.2, 0.25) is 0 Å². The summed E-state index contributed by atoms with van der Waals surface area (Å²) in [5, 5.41) is 7.56. The molecule has 4 N–H and O–H groups in total. The number of rotatable bonds is 6. The van der Waals surface area contributed by atoms with Gasteiger partial charge < -0.3 is 20.9 Å². The second-order valence-corrected chi connectivity index (χ2v) is 6.17.